The van der Waals surface area contributed by atoms with Gasteiger partial charge >= 0.3 is 5.97 Å². The van der Waals surface area contributed by atoms with E-state index < -0.39 is 30.4 Å². The zero-order valence-corrected chi connectivity index (χ0v) is 21.0. The van der Waals surface area contributed by atoms with E-state index in [9.17, 15) is 19.2 Å². The van der Waals surface area contributed by atoms with Crippen molar-refractivity contribution in [1.82, 2.24) is 9.80 Å². The van der Waals surface area contributed by atoms with Gasteiger partial charge in [-0.05, 0) is 47.8 Å². The molecule has 188 valence electrons. The first-order valence-corrected chi connectivity index (χ1v) is 12.5. The third-order valence-corrected chi connectivity index (χ3v) is 7.75. The standard InChI is InChI=1S/C29H32N2O5/c1-28(2)14-20-15-29(3,17-28)18-30(20)24(32)16-36-27(35)23(13-19-9-5-4-6-10-19)31-25(33)21-11-7-8-12-22(21)26(31)34/h4-12,20,23H,13-18H2,1-3H3/t20-,23-,29+/m0/s1. The Kier molecular flexibility index (Phi) is 5.97. The molecule has 1 saturated carbocycles. The molecule has 2 bridgehead atoms. The van der Waals surface area contributed by atoms with Gasteiger partial charge in [0.15, 0.2) is 6.61 Å². The van der Waals surface area contributed by atoms with Crippen LogP contribution in [-0.2, 0) is 20.7 Å². The topological polar surface area (TPSA) is 84.0 Å². The lowest BCUT2D eigenvalue weighted by Crippen LogP contribution is -2.48. The molecule has 36 heavy (non-hydrogen) atoms. The normalized spacial score (nSPS) is 25.0. The van der Waals surface area contributed by atoms with Gasteiger partial charge in [-0.25, -0.2) is 4.79 Å². The highest BCUT2D eigenvalue weighted by Crippen LogP contribution is 2.52. The quantitative estimate of drug-likeness (QED) is 0.455. The number of likely N-dealkylation sites (tertiary alicyclic amines) is 1. The van der Waals surface area contributed by atoms with Gasteiger partial charge in [0.1, 0.15) is 6.04 Å². The molecule has 2 fully saturated rings. The van der Waals surface area contributed by atoms with Crippen LogP contribution < -0.4 is 0 Å². The highest BCUT2D eigenvalue weighted by atomic mass is 16.5. The van der Waals surface area contributed by atoms with Gasteiger partial charge in [0.2, 0.25) is 0 Å². The maximum absolute atomic E-state index is 13.4. The fraction of sp³-hybridized carbons (Fsp3) is 0.448. The second kappa shape index (κ2) is 8.87. The van der Waals surface area contributed by atoms with E-state index >= 15 is 0 Å². The molecule has 7 nitrogen and oxygen atoms in total. The number of benzene rings is 2. The lowest BCUT2D eigenvalue weighted by atomic mass is 9.65. The molecule has 0 spiro atoms. The van der Waals surface area contributed by atoms with E-state index in [0.29, 0.717) is 6.54 Å². The summed E-state index contributed by atoms with van der Waals surface area (Å²) >= 11 is 0. The lowest BCUT2D eigenvalue weighted by Gasteiger charge is -2.39. The van der Waals surface area contributed by atoms with Crippen molar-refractivity contribution in [2.45, 2.75) is 58.5 Å². The van der Waals surface area contributed by atoms with Crippen molar-refractivity contribution >= 4 is 23.7 Å². The minimum absolute atomic E-state index is 0.0715. The smallest absolute Gasteiger partial charge is 0.330 e. The van der Waals surface area contributed by atoms with Crippen molar-refractivity contribution in [2.24, 2.45) is 10.8 Å². The molecule has 3 amide bonds. The predicted octanol–water partition coefficient (Wildman–Crippen LogP) is 3.86. The van der Waals surface area contributed by atoms with Gasteiger partial charge in [-0.15, -0.1) is 0 Å². The monoisotopic (exact) mass is 488 g/mol. The van der Waals surface area contributed by atoms with E-state index in [2.05, 4.69) is 20.8 Å². The average molecular weight is 489 g/mol. The van der Waals surface area contributed by atoms with Crippen LogP contribution in [0.3, 0.4) is 0 Å². The van der Waals surface area contributed by atoms with Gasteiger partial charge in [-0.1, -0.05) is 63.2 Å². The third kappa shape index (κ3) is 4.43. The molecular formula is C29H32N2O5. The SMILES string of the molecule is CC1(C)C[C@H]2C[C@@](C)(CN2C(=O)COC(=O)[C@H](Cc2ccccc2)N2C(=O)c3ccccc3C2=O)C1. The van der Waals surface area contributed by atoms with Crippen molar-refractivity contribution in [3.63, 3.8) is 0 Å². The van der Waals surface area contributed by atoms with E-state index in [0.717, 1.165) is 29.7 Å². The summed E-state index contributed by atoms with van der Waals surface area (Å²) in [5, 5.41) is 0. The summed E-state index contributed by atoms with van der Waals surface area (Å²) in [5.41, 5.74) is 1.55. The first kappa shape index (κ1) is 24.2. The fourth-order valence-electron chi connectivity index (χ4n) is 6.67. The molecule has 2 heterocycles. The molecular weight excluding hydrogens is 456 g/mol. The average Bonchev–Trinajstić information content (AvgIpc) is 3.24. The molecule has 3 aliphatic rings. The fourth-order valence-corrected chi connectivity index (χ4v) is 6.67. The van der Waals surface area contributed by atoms with Crippen molar-refractivity contribution < 1.29 is 23.9 Å². The lowest BCUT2D eigenvalue weighted by molar-refractivity contribution is -0.155. The molecule has 0 aromatic heterocycles. The van der Waals surface area contributed by atoms with Gasteiger partial charge in [-0.2, -0.15) is 0 Å². The van der Waals surface area contributed by atoms with Crippen LogP contribution in [0.4, 0.5) is 0 Å². The third-order valence-electron chi connectivity index (χ3n) is 7.75. The molecule has 0 N–H and O–H groups in total. The first-order valence-electron chi connectivity index (χ1n) is 12.5. The Bertz CT molecular complexity index is 1190. The van der Waals surface area contributed by atoms with Crippen LogP contribution in [0.5, 0.6) is 0 Å². The molecule has 5 rings (SSSR count). The number of ether oxygens (including phenoxy) is 1. The van der Waals surface area contributed by atoms with E-state index in [4.69, 9.17) is 4.74 Å². The Morgan fingerprint density at radius 3 is 2.19 bits per heavy atom. The number of carbonyl (C=O) groups is 4. The molecule has 1 saturated heterocycles. The molecule has 2 aliphatic heterocycles. The summed E-state index contributed by atoms with van der Waals surface area (Å²) in [6.45, 7) is 6.95. The van der Waals surface area contributed by atoms with Gasteiger partial charge in [-0.3, -0.25) is 19.3 Å². The first-order chi connectivity index (χ1) is 17.1. The molecule has 7 heteroatoms. The molecule has 3 atom stereocenters. The second-order valence-corrected chi connectivity index (χ2v) is 11.6. The summed E-state index contributed by atoms with van der Waals surface area (Å²) in [7, 11) is 0. The Labute approximate surface area is 211 Å². The zero-order chi connectivity index (χ0) is 25.7. The van der Waals surface area contributed by atoms with Crippen LogP contribution >= 0.6 is 0 Å². The number of amides is 3. The molecule has 2 aromatic carbocycles. The van der Waals surface area contributed by atoms with Gasteiger partial charge in [0, 0.05) is 19.0 Å². The molecule has 2 aromatic rings. The van der Waals surface area contributed by atoms with Crippen molar-refractivity contribution in [3.8, 4) is 0 Å². The molecule has 0 radical (unpaired) electrons. The van der Waals surface area contributed by atoms with Gasteiger partial charge in [0.05, 0.1) is 11.1 Å². The number of hydrogen-bond donors (Lipinski definition) is 0. The summed E-state index contributed by atoms with van der Waals surface area (Å²) in [5.74, 6) is -2.03. The maximum atomic E-state index is 13.4. The van der Waals surface area contributed by atoms with Crippen LogP contribution in [0, 0.1) is 10.8 Å². The highest BCUT2D eigenvalue weighted by molar-refractivity contribution is 6.22. The number of fused-ring (bicyclic) bond motifs is 3. The number of nitrogens with zero attached hydrogens (tertiary/aromatic N) is 2. The van der Waals surface area contributed by atoms with Crippen LogP contribution in [0.15, 0.2) is 54.6 Å². The zero-order valence-electron chi connectivity index (χ0n) is 21.0. The largest absolute Gasteiger partial charge is 0.454 e. The van der Waals surface area contributed by atoms with E-state index in [1.807, 2.05) is 35.2 Å². The number of hydrogen-bond acceptors (Lipinski definition) is 5. The summed E-state index contributed by atoms with van der Waals surface area (Å²) in [6, 6.07) is 14.7. The summed E-state index contributed by atoms with van der Waals surface area (Å²) < 4.78 is 5.52. The van der Waals surface area contributed by atoms with E-state index in [1.165, 1.54) is 0 Å². The Hall–Kier alpha value is -3.48. The van der Waals surface area contributed by atoms with Crippen LogP contribution in [0.2, 0.25) is 0 Å². The van der Waals surface area contributed by atoms with Crippen molar-refractivity contribution in [2.75, 3.05) is 13.2 Å². The van der Waals surface area contributed by atoms with E-state index in [1.54, 1.807) is 24.3 Å². The molecule has 1 aliphatic carbocycles. The van der Waals surface area contributed by atoms with Gasteiger partial charge < -0.3 is 9.64 Å². The highest BCUT2D eigenvalue weighted by Gasteiger charge is 2.51. The maximum Gasteiger partial charge on any atom is 0.330 e. The Morgan fingerprint density at radius 2 is 1.56 bits per heavy atom. The van der Waals surface area contributed by atoms with Gasteiger partial charge in [0.25, 0.3) is 17.7 Å². The van der Waals surface area contributed by atoms with E-state index in [-0.39, 0.29) is 40.3 Å². The van der Waals surface area contributed by atoms with Crippen molar-refractivity contribution in [3.05, 3.63) is 71.3 Å². The van der Waals surface area contributed by atoms with Crippen LogP contribution in [-0.4, -0.2) is 58.7 Å². The van der Waals surface area contributed by atoms with Crippen molar-refractivity contribution in [1.29, 1.82) is 0 Å². The Morgan fingerprint density at radius 1 is 0.944 bits per heavy atom. The molecule has 0 unspecified atom stereocenters. The number of carbonyl (C=O) groups excluding carboxylic acids is 4. The summed E-state index contributed by atoms with van der Waals surface area (Å²) in [6.07, 6.45) is 3.05. The Balaban J connectivity index is 1.33. The minimum atomic E-state index is -1.16. The van der Waals surface area contributed by atoms with Crippen LogP contribution in [0.1, 0.15) is 66.3 Å². The second-order valence-electron chi connectivity index (χ2n) is 11.6. The predicted molar refractivity (Wildman–Crippen MR) is 133 cm³/mol. The number of imide groups is 1. The number of esters is 1. The van der Waals surface area contributed by atoms with Crippen LogP contribution in [0.25, 0.3) is 0 Å². The summed E-state index contributed by atoms with van der Waals surface area (Å²) in [4.78, 5) is 55.6. The minimum Gasteiger partial charge on any atom is -0.454 e. The number of rotatable bonds is 6.